The minimum atomic E-state index is -0.0293. The van der Waals surface area contributed by atoms with Crippen molar-refractivity contribution in [3.8, 4) is 0 Å². The number of amides is 1. The van der Waals surface area contributed by atoms with Crippen LogP contribution in [0.1, 0.15) is 28.2 Å². The normalized spacial score (nSPS) is 10.9. The lowest BCUT2D eigenvalue weighted by Crippen LogP contribution is -2.24. The molecule has 0 saturated carbocycles. The Labute approximate surface area is 164 Å². The van der Waals surface area contributed by atoms with Gasteiger partial charge in [0.25, 0.3) is 5.91 Å². The Hall–Kier alpha value is -3.40. The van der Waals surface area contributed by atoms with Crippen molar-refractivity contribution in [1.29, 1.82) is 0 Å². The number of benzene rings is 3. The first-order valence-corrected chi connectivity index (χ1v) is 9.62. The van der Waals surface area contributed by atoms with E-state index in [0.717, 1.165) is 36.2 Å². The van der Waals surface area contributed by atoms with Crippen LogP contribution in [0.4, 0.5) is 0 Å². The van der Waals surface area contributed by atoms with Gasteiger partial charge in [0.1, 0.15) is 5.82 Å². The van der Waals surface area contributed by atoms with E-state index in [-0.39, 0.29) is 5.91 Å². The fraction of sp³-hybridized carbons (Fsp3) is 0.167. The lowest BCUT2D eigenvalue weighted by Gasteiger charge is -2.10. The van der Waals surface area contributed by atoms with E-state index < -0.39 is 0 Å². The van der Waals surface area contributed by atoms with Gasteiger partial charge in [-0.2, -0.15) is 0 Å². The number of aromatic nitrogens is 2. The molecule has 1 amide bonds. The van der Waals surface area contributed by atoms with Crippen LogP contribution < -0.4 is 5.32 Å². The molecule has 1 aromatic heterocycles. The van der Waals surface area contributed by atoms with E-state index in [2.05, 4.69) is 52.3 Å². The number of carbonyl (C=O) groups is 1. The van der Waals surface area contributed by atoms with Crippen molar-refractivity contribution in [2.24, 2.45) is 0 Å². The third-order valence-corrected chi connectivity index (χ3v) is 4.82. The van der Waals surface area contributed by atoms with Gasteiger partial charge in [0, 0.05) is 25.1 Å². The minimum absolute atomic E-state index is 0.0293. The number of rotatable bonds is 7. The van der Waals surface area contributed by atoms with E-state index in [9.17, 15) is 4.79 Å². The molecule has 0 bridgehead atoms. The van der Waals surface area contributed by atoms with E-state index in [1.807, 2.05) is 42.5 Å². The molecule has 1 N–H and O–H groups in total. The highest BCUT2D eigenvalue weighted by atomic mass is 16.1. The van der Waals surface area contributed by atoms with Crippen molar-refractivity contribution in [2.75, 3.05) is 6.54 Å². The molecule has 0 aliphatic rings. The highest BCUT2D eigenvalue weighted by Gasteiger charge is 2.11. The van der Waals surface area contributed by atoms with E-state index in [1.54, 1.807) is 0 Å². The molecule has 0 radical (unpaired) electrons. The summed E-state index contributed by atoms with van der Waals surface area (Å²) in [6, 6.07) is 28.0. The Morgan fingerprint density at radius 3 is 2.32 bits per heavy atom. The zero-order valence-electron chi connectivity index (χ0n) is 15.7. The molecule has 0 fully saturated rings. The quantitative estimate of drug-likeness (QED) is 0.489. The van der Waals surface area contributed by atoms with Gasteiger partial charge in [-0.15, -0.1) is 0 Å². The van der Waals surface area contributed by atoms with Gasteiger partial charge in [0.05, 0.1) is 11.0 Å². The predicted octanol–water partition coefficient (Wildman–Crippen LogP) is 4.45. The highest BCUT2D eigenvalue weighted by molar-refractivity contribution is 5.94. The van der Waals surface area contributed by atoms with Crippen LogP contribution in [0.25, 0.3) is 11.0 Å². The summed E-state index contributed by atoms with van der Waals surface area (Å²) < 4.78 is 2.28. The Kier molecular flexibility index (Phi) is 5.48. The molecule has 4 aromatic rings. The lowest BCUT2D eigenvalue weighted by molar-refractivity contribution is 0.0953. The Morgan fingerprint density at radius 1 is 0.857 bits per heavy atom. The molecule has 0 aliphatic carbocycles. The van der Waals surface area contributed by atoms with E-state index in [1.165, 1.54) is 5.56 Å². The van der Waals surface area contributed by atoms with Crippen LogP contribution in [0.2, 0.25) is 0 Å². The first kappa shape index (κ1) is 18.0. The molecule has 0 unspecified atom stereocenters. The van der Waals surface area contributed by atoms with Gasteiger partial charge >= 0.3 is 0 Å². The molecule has 0 saturated heterocycles. The standard InChI is InChI=1S/C24H23N3O/c28-24(20-12-5-2-6-13-20)25-17-9-16-23-26-21-14-7-8-15-22(21)27(23)18-19-10-3-1-4-11-19/h1-8,10-15H,9,16-18H2,(H,25,28). The van der Waals surface area contributed by atoms with Crippen LogP contribution in [-0.4, -0.2) is 22.0 Å². The summed E-state index contributed by atoms with van der Waals surface area (Å²) in [6.07, 6.45) is 1.66. The molecular formula is C24H23N3O. The largest absolute Gasteiger partial charge is 0.352 e. The maximum Gasteiger partial charge on any atom is 0.251 e. The van der Waals surface area contributed by atoms with E-state index in [0.29, 0.717) is 12.1 Å². The summed E-state index contributed by atoms with van der Waals surface area (Å²) in [5, 5.41) is 3.00. The molecule has 0 atom stereocenters. The summed E-state index contributed by atoms with van der Waals surface area (Å²) in [5.74, 6) is 1.03. The average molecular weight is 369 g/mol. The van der Waals surface area contributed by atoms with Crippen LogP contribution in [0.15, 0.2) is 84.9 Å². The fourth-order valence-electron chi connectivity index (χ4n) is 3.40. The maximum atomic E-state index is 12.2. The monoisotopic (exact) mass is 369 g/mol. The van der Waals surface area contributed by atoms with Gasteiger partial charge in [-0.1, -0.05) is 60.7 Å². The lowest BCUT2D eigenvalue weighted by atomic mass is 10.2. The van der Waals surface area contributed by atoms with Crippen LogP contribution in [0, 0.1) is 0 Å². The highest BCUT2D eigenvalue weighted by Crippen LogP contribution is 2.19. The smallest absolute Gasteiger partial charge is 0.251 e. The van der Waals surface area contributed by atoms with Crippen LogP contribution in [-0.2, 0) is 13.0 Å². The maximum absolute atomic E-state index is 12.2. The topological polar surface area (TPSA) is 46.9 Å². The number of para-hydroxylation sites is 2. The Bertz CT molecular complexity index is 1060. The summed E-state index contributed by atoms with van der Waals surface area (Å²) in [5.41, 5.74) is 4.11. The van der Waals surface area contributed by atoms with Crippen molar-refractivity contribution >= 4 is 16.9 Å². The number of hydrogen-bond acceptors (Lipinski definition) is 2. The van der Waals surface area contributed by atoms with Crippen LogP contribution >= 0.6 is 0 Å². The zero-order chi connectivity index (χ0) is 19.2. The van der Waals surface area contributed by atoms with Gasteiger partial charge < -0.3 is 9.88 Å². The summed E-state index contributed by atoms with van der Waals surface area (Å²) >= 11 is 0. The van der Waals surface area contributed by atoms with Gasteiger partial charge in [0.2, 0.25) is 0 Å². The van der Waals surface area contributed by atoms with Crippen molar-refractivity contribution in [3.05, 3.63) is 102 Å². The molecular weight excluding hydrogens is 346 g/mol. The Balaban J connectivity index is 1.44. The number of fused-ring (bicyclic) bond motifs is 1. The summed E-state index contributed by atoms with van der Waals surface area (Å²) in [7, 11) is 0. The third-order valence-electron chi connectivity index (χ3n) is 4.82. The molecule has 4 heteroatoms. The second-order valence-electron chi connectivity index (χ2n) is 6.81. The SMILES string of the molecule is O=C(NCCCc1nc2ccccc2n1Cc1ccccc1)c1ccccc1. The van der Waals surface area contributed by atoms with Crippen molar-refractivity contribution in [3.63, 3.8) is 0 Å². The molecule has 0 spiro atoms. The van der Waals surface area contributed by atoms with Crippen molar-refractivity contribution < 1.29 is 4.79 Å². The number of nitrogens with zero attached hydrogens (tertiary/aromatic N) is 2. The zero-order valence-corrected chi connectivity index (χ0v) is 15.7. The minimum Gasteiger partial charge on any atom is -0.352 e. The second-order valence-corrected chi connectivity index (χ2v) is 6.81. The molecule has 1 heterocycles. The number of nitrogens with one attached hydrogen (secondary N) is 1. The number of hydrogen-bond donors (Lipinski definition) is 1. The van der Waals surface area contributed by atoms with Crippen molar-refractivity contribution in [2.45, 2.75) is 19.4 Å². The molecule has 3 aromatic carbocycles. The molecule has 28 heavy (non-hydrogen) atoms. The predicted molar refractivity (Wildman–Crippen MR) is 112 cm³/mol. The van der Waals surface area contributed by atoms with Crippen molar-refractivity contribution in [1.82, 2.24) is 14.9 Å². The molecule has 4 nitrogen and oxygen atoms in total. The first-order chi connectivity index (χ1) is 13.8. The van der Waals surface area contributed by atoms with E-state index >= 15 is 0 Å². The average Bonchev–Trinajstić information content (AvgIpc) is 3.10. The molecule has 140 valence electrons. The molecule has 4 rings (SSSR count). The molecule has 0 aliphatic heterocycles. The van der Waals surface area contributed by atoms with Gasteiger partial charge in [-0.05, 0) is 36.2 Å². The fourth-order valence-corrected chi connectivity index (χ4v) is 3.40. The summed E-state index contributed by atoms with van der Waals surface area (Å²) in [4.78, 5) is 17.0. The first-order valence-electron chi connectivity index (χ1n) is 9.62. The number of aryl methyl sites for hydroxylation is 1. The number of imidazole rings is 1. The van der Waals surface area contributed by atoms with Gasteiger partial charge in [-0.3, -0.25) is 4.79 Å². The summed E-state index contributed by atoms with van der Waals surface area (Å²) in [6.45, 7) is 1.43. The second kappa shape index (κ2) is 8.53. The van der Waals surface area contributed by atoms with Crippen LogP contribution in [0.5, 0.6) is 0 Å². The van der Waals surface area contributed by atoms with Gasteiger partial charge in [-0.25, -0.2) is 4.98 Å². The van der Waals surface area contributed by atoms with E-state index in [4.69, 9.17) is 4.98 Å². The third kappa shape index (κ3) is 4.12. The van der Waals surface area contributed by atoms with Gasteiger partial charge in [0.15, 0.2) is 0 Å². The van der Waals surface area contributed by atoms with Crippen LogP contribution in [0.3, 0.4) is 0 Å². The Morgan fingerprint density at radius 2 is 1.54 bits per heavy atom. The number of carbonyl (C=O) groups excluding carboxylic acids is 1.